The fourth-order valence-corrected chi connectivity index (χ4v) is 3.49. The Morgan fingerprint density at radius 3 is 0.903 bits per heavy atom. The number of hydrogen-bond acceptors (Lipinski definition) is 3. The Labute approximate surface area is 216 Å². The van der Waals surface area contributed by atoms with E-state index in [0.717, 1.165) is 13.2 Å². The van der Waals surface area contributed by atoms with Gasteiger partial charge in [0, 0.05) is 13.2 Å². The zero-order chi connectivity index (χ0) is 22.8. The molecule has 0 atom stereocenters. The van der Waals surface area contributed by atoms with Gasteiger partial charge in [0.1, 0.15) is 0 Å². The third kappa shape index (κ3) is 49.2. The van der Waals surface area contributed by atoms with Gasteiger partial charge in [-0.3, -0.25) is 9.11 Å². The molecule has 0 aliphatic heterocycles. The van der Waals surface area contributed by atoms with Gasteiger partial charge in [0.2, 0.25) is 0 Å². The molecule has 2 N–H and O–H groups in total. The number of ether oxygens (including phenoxy) is 1. The van der Waals surface area contributed by atoms with Crippen LogP contribution in [-0.4, -0.2) is 60.3 Å². The monoisotopic (exact) mass is 476 g/mol. The molecule has 0 aromatic carbocycles. The van der Waals surface area contributed by atoms with Crippen LogP contribution in [0.25, 0.3) is 0 Å². The van der Waals surface area contributed by atoms with Gasteiger partial charge in [-0.05, 0) is 12.8 Å². The standard InChI is InChI=1S/C24H50O.Na.H2O4S.H/c1-3-5-7-9-11-13-15-17-19-21-23-25-24-22-20-18-16-14-12-10-8-6-4-2;;1-5(2,3)4;/h3-24H2,1-2H3;;(H2,1,2,3,4);. The average molecular weight is 477 g/mol. The van der Waals surface area contributed by atoms with Gasteiger partial charge in [0.15, 0.2) is 0 Å². The average Bonchev–Trinajstić information content (AvgIpc) is 2.68. The van der Waals surface area contributed by atoms with E-state index < -0.39 is 10.4 Å². The predicted molar refractivity (Wildman–Crippen MR) is 136 cm³/mol. The number of hydrogen-bond donors (Lipinski definition) is 2. The molecular formula is C24H53NaO5S. The van der Waals surface area contributed by atoms with Crippen LogP contribution < -0.4 is 0 Å². The second kappa shape index (κ2) is 30.8. The van der Waals surface area contributed by atoms with Crippen molar-refractivity contribution in [2.45, 2.75) is 142 Å². The molecule has 186 valence electrons. The van der Waals surface area contributed by atoms with Crippen molar-refractivity contribution < 1.29 is 22.3 Å². The molecule has 0 unspecified atom stereocenters. The van der Waals surface area contributed by atoms with Crippen molar-refractivity contribution in [3.63, 3.8) is 0 Å². The van der Waals surface area contributed by atoms with Crippen LogP contribution in [0.4, 0.5) is 0 Å². The maximum atomic E-state index is 8.74. The van der Waals surface area contributed by atoms with E-state index in [9.17, 15) is 0 Å². The van der Waals surface area contributed by atoms with Crippen LogP contribution in [0.3, 0.4) is 0 Å². The van der Waals surface area contributed by atoms with E-state index in [0.29, 0.717) is 0 Å². The molecule has 0 rings (SSSR count). The molecule has 31 heavy (non-hydrogen) atoms. The summed E-state index contributed by atoms with van der Waals surface area (Å²) < 4.78 is 37.4. The maximum absolute atomic E-state index is 8.74. The van der Waals surface area contributed by atoms with E-state index in [1.165, 1.54) is 128 Å². The molecular weight excluding hydrogens is 423 g/mol. The van der Waals surface area contributed by atoms with Crippen LogP contribution in [0.15, 0.2) is 0 Å². The van der Waals surface area contributed by atoms with Gasteiger partial charge in [0.05, 0.1) is 0 Å². The summed E-state index contributed by atoms with van der Waals surface area (Å²) >= 11 is 0. The Morgan fingerprint density at radius 1 is 0.484 bits per heavy atom. The van der Waals surface area contributed by atoms with Crippen LogP contribution in [0.5, 0.6) is 0 Å². The minimum atomic E-state index is -4.67. The molecule has 0 saturated carbocycles. The Kier molecular flexibility index (Phi) is 36.2. The SMILES string of the molecule is CCCCCCCCCCCCOCCCCCCCCCCCC.O=S(=O)(O)O.[NaH]. The van der Waals surface area contributed by atoms with Crippen LogP contribution in [0.2, 0.25) is 0 Å². The van der Waals surface area contributed by atoms with Gasteiger partial charge in [-0.25, -0.2) is 0 Å². The van der Waals surface area contributed by atoms with Crippen molar-refractivity contribution in [2.75, 3.05) is 13.2 Å². The zero-order valence-electron chi connectivity index (χ0n) is 20.1. The Bertz CT molecular complexity index is 375. The molecule has 0 bridgehead atoms. The Morgan fingerprint density at radius 2 is 0.677 bits per heavy atom. The van der Waals surface area contributed by atoms with Crippen LogP contribution in [0.1, 0.15) is 142 Å². The molecule has 7 heteroatoms. The summed E-state index contributed by atoms with van der Waals surface area (Å²) in [6.07, 6.45) is 28.2. The fourth-order valence-electron chi connectivity index (χ4n) is 3.49. The predicted octanol–water partition coefficient (Wildman–Crippen LogP) is 7.54. The fraction of sp³-hybridized carbons (Fsp3) is 1.00. The van der Waals surface area contributed by atoms with E-state index in [-0.39, 0.29) is 29.6 Å². The van der Waals surface area contributed by atoms with E-state index in [2.05, 4.69) is 13.8 Å². The normalized spacial score (nSPS) is 11.0. The molecule has 0 aromatic rings. The van der Waals surface area contributed by atoms with Crippen molar-refractivity contribution >= 4 is 40.0 Å². The third-order valence-corrected chi connectivity index (χ3v) is 5.28. The molecule has 0 radical (unpaired) electrons. The molecule has 0 spiro atoms. The van der Waals surface area contributed by atoms with Crippen LogP contribution >= 0.6 is 0 Å². The zero-order valence-corrected chi connectivity index (χ0v) is 20.9. The number of unbranched alkanes of at least 4 members (excludes halogenated alkanes) is 18. The van der Waals surface area contributed by atoms with E-state index in [4.69, 9.17) is 22.3 Å². The molecule has 0 fully saturated rings. The van der Waals surface area contributed by atoms with E-state index in [1.807, 2.05) is 0 Å². The summed E-state index contributed by atoms with van der Waals surface area (Å²) in [5.74, 6) is 0. The van der Waals surface area contributed by atoms with Crippen molar-refractivity contribution in [3.8, 4) is 0 Å². The topological polar surface area (TPSA) is 83.8 Å². The first kappa shape index (κ1) is 36.4. The van der Waals surface area contributed by atoms with E-state index in [1.54, 1.807) is 0 Å². The third-order valence-electron chi connectivity index (χ3n) is 5.28. The molecule has 0 aromatic heterocycles. The van der Waals surface area contributed by atoms with Gasteiger partial charge in [-0.1, -0.05) is 129 Å². The summed E-state index contributed by atoms with van der Waals surface area (Å²) in [4.78, 5) is 0. The second-order valence-corrected chi connectivity index (χ2v) is 9.32. The molecule has 0 saturated heterocycles. The van der Waals surface area contributed by atoms with Gasteiger partial charge < -0.3 is 4.74 Å². The van der Waals surface area contributed by atoms with Gasteiger partial charge in [-0.2, -0.15) is 8.42 Å². The molecule has 0 aliphatic rings. The first-order valence-electron chi connectivity index (χ1n) is 12.7. The molecule has 0 heterocycles. The molecule has 5 nitrogen and oxygen atoms in total. The van der Waals surface area contributed by atoms with Gasteiger partial charge in [-0.15, -0.1) is 0 Å². The minimum absolute atomic E-state index is 0. The summed E-state index contributed by atoms with van der Waals surface area (Å²) in [6.45, 7) is 6.57. The van der Waals surface area contributed by atoms with Crippen LogP contribution in [-0.2, 0) is 15.1 Å². The van der Waals surface area contributed by atoms with Gasteiger partial charge in [0.25, 0.3) is 0 Å². The summed E-state index contributed by atoms with van der Waals surface area (Å²) in [6, 6.07) is 0. The molecule has 0 aliphatic carbocycles. The second-order valence-electron chi connectivity index (χ2n) is 8.42. The summed E-state index contributed by atoms with van der Waals surface area (Å²) in [7, 11) is -4.67. The van der Waals surface area contributed by atoms with Crippen molar-refractivity contribution in [3.05, 3.63) is 0 Å². The first-order chi connectivity index (χ1) is 14.4. The molecule has 0 amide bonds. The van der Waals surface area contributed by atoms with Crippen LogP contribution in [0, 0.1) is 0 Å². The quantitative estimate of drug-likeness (QED) is 0.0957. The van der Waals surface area contributed by atoms with Crippen molar-refractivity contribution in [1.29, 1.82) is 0 Å². The van der Waals surface area contributed by atoms with Crippen molar-refractivity contribution in [2.24, 2.45) is 0 Å². The Hall–Kier alpha value is 0.830. The summed E-state index contributed by atoms with van der Waals surface area (Å²) in [5.41, 5.74) is 0. The summed E-state index contributed by atoms with van der Waals surface area (Å²) in [5, 5.41) is 0. The van der Waals surface area contributed by atoms with Gasteiger partial charge >= 0.3 is 40.0 Å². The Balaban J connectivity index is -0.00000116. The van der Waals surface area contributed by atoms with E-state index >= 15 is 0 Å². The number of rotatable bonds is 22. The first-order valence-corrected chi connectivity index (χ1v) is 14.1. The van der Waals surface area contributed by atoms with Crippen molar-refractivity contribution in [1.82, 2.24) is 0 Å².